The standard InChI is InChI=1S/C7H7F3N2O2/c8-7(9,10)14-6-3-12-4(2-11)1-5(6)13/h1,3H,2,11H2,(H,12,13). The largest absolute Gasteiger partial charge is 0.573 e. The van der Waals surface area contributed by atoms with Gasteiger partial charge in [0, 0.05) is 24.5 Å². The van der Waals surface area contributed by atoms with Crippen LogP contribution in [0.15, 0.2) is 17.1 Å². The van der Waals surface area contributed by atoms with Crippen LogP contribution >= 0.6 is 0 Å². The molecule has 0 spiro atoms. The monoisotopic (exact) mass is 208 g/mol. The van der Waals surface area contributed by atoms with E-state index in [9.17, 15) is 18.0 Å². The molecule has 3 N–H and O–H groups in total. The molecule has 0 aromatic carbocycles. The number of hydrogen-bond donors (Lipinski definition) is 2. The molecule has 78 valence electrons. The van der Waals surface area contributed by atoms with Gasteiger partial charge in [0.1, 0.15) is 0 Å². The van der Waals surface area contributed by atoms with Gasteiger partial charge < -0.3 is 15.5 Å². The summed E-state index contributed by atoms with van der Waals surface area (Å²) in [6.45, 7) is 0.0432. The molecule has 1 rings (SSSR count). The third kappa shape index (κ3) is 2.77. The number of nitrogens with two attached hydrogens (primary N) is 1. The highest BCUT2D eigenvalue weighted by molar-refractivity contribution is 5.20. The third-order valence-electron chi connectivity index (χ3n) is 1.38. The van der Waals surface area contributed by atoms with Crippen LogP contribution in [0.4, 0.5) is 13.2 Å². The Bertz CT molecular complexity index is 372. The summed E-state index contributed by atoms with van der Waals surface area (Å²) in [6, 6.07) is 0.959. The summed E-state index contributed by atoms with van der Waals surface area (Å²) >= 11 is 0. The Morgan fingerprint density at radius 3 is 2.57 bits per heavy atom. The molecule has 1 aromatic heterocycles. The summed E-state index contributed by atoms with van der Waals surface area (Å²) in [5.41, 5.74) is 4.64. The van der Waals surface area contributed by atoms with E-state index in [0.717, 1.165) is 12.3 Å². The maximum atomic E-state index is 11.7. The van der Waals surface area contributed by atoms with Gasteiger partial charge in [-0.3, -0.25) is 4.79 Å². The van der Waals surface area contributed by atoms with E-state index >= 15 is 0 Å². The first-order chi connectivity index (χ1) is 6.42. The summed E-state index contributed by atoms with van der Waals surface area (Å²) in [5, 5.41) is 0. The number of aromatic nitrogens is 1. The van der Waals surface area contributed by atoms with Gasteiger partial charge in [-0.15, -0.1) is 13.2 Å². The Kier molecular flexibility index (Phi) is 2.80. The topological polar surface area (TPSA) is 68.1 Å². The van der Waals surface area contributed by atoms with Crippen molar-refractivity contribution in [2.24, 2.45) is 5.73 Å². The van der Waals surface area contributed by atoms with Gasteiger partial charge in [-0.2, -0.15) is 0 Å². The molecule has 0 bridgehead atoms. The average Bonchev–Trinajstić information content (AvgIpc) is 2.06. The normalized spacial score (nSPS) is 11.4. The highest BCUT2D eigenvalue weighted by Crippen LogP contribution is 2.18. The van der Waals surface area contributed by atoms with Crippen molar-refractivity contribution in [3.05, 3.63) is 28.2 Å². The molecule has 0 saturated carbocycles. The molecule has 0 radical (unpaired) electrons. The quantitative estimate of drug-likeness (QED) is 0.752. The maximum Gasteiger partial charge on any atom is 0.573 e. The molecule has 0 aliphatic rings. The van der Waals surface area contributed by atoms with Gasteiger partial charge in [-0.1, -0.05) is 0 Å². The molecule has 1 heterocycles. The molecule has 1 aromatic rings. The first kappa shape index (κ1) is 10.6. The van der Waals surface area contributed by atoms with Crippen LogP contribution in [0.1, 0.15) is 5.69 Å². The molecule has 7 heteroatoms. The lowest BCUT2D eigenvalue weighted by Gasteiger charge is -2.07. The lowest BCUT2D eigenvalue weighted by Crippen LogP contribution is -2.22. The summed E-state index contributed by atoms with van der Waals surface area (Å²) in [5.74, 6) is -0.797. The molecule has 0 amide bonds. The first-order valence-electron chi connectivity index (χ1n) is 3.60. The second-order valence-corrected chi connectivity index (χ2v) is 2.44. The molecule has 0 unspecified atom stereocenters. The van der Waals surface area contributed by atoms with E-state index in [1.54, 1.807) is 0 Å². The fourth-order valence-corrected chi connectivity index (χ4v) is 0.823. The minimum absolute atomic E-state index is 0.0432. The second kappa shape index (κ2) is 3.70. The van der Waals surface area contributed by atoms with Crippen LogP contribution in [0.5, 0.6) is 5.75 Å². The van der Waals surface area contributed by atoms with Crippen molar-refractivity contribution in [3.8, 4) is 5.75 Å². The number of halogens is 3. The van der Waals surface area contributed by atoms with Gasteiger partial charge in [0.15, 0.2) is 5.75 Å². The van der Waals surface area contributed by atoms with Crippen molar-refractivity contribution >= 4 is 0 Å². The SMILES string of the molecule is NCc1cc(=O)c(OC(F)(F)F)c[nH]1. The van der Waals surface area contributed by atoms with Crippen LogP contribution in [-0.2, 0) is 6.54 Å². The van der Waals surface area contributed by atoms with E-state index in [0.29, 0.717) is 5.69 Å². The molecule has 14 heavy (non-hydrogen) atoms. The summed E-state index contributed by atoms with van der Waals surface area (Å²) in [7, 11) is 0. The number of rotatable bonds is 2. The number of ether oxygens (including phenoxy) is 1. The van der Waals surface area contributed by atoms with Crippen molar-refractivity contribution < 1.29 is 17.9 Å². The number of H-pyrrole nitrogens is 1. The van der Waals surface area contributed by atoms with Gasteiger partial charge in [0.25, 0.3) is 0 Å². The van der Waals surface area contributed by atoms with Gasteiger partial charge in [-0.05, 0) is 0 Å². The van der Waals surface area contributed by atoms with Crippen LogP contribution in [0, 0.1) is 0 Å². The van der Waals surface area contributed by atoms with Gasteiger partial charge >= 0.3 is 6.36 Å². The number of pyridine rings is 1. The highest BCUT2D eigenvalue weighted by Gasteiger charge is 2.32. The maximum absolute atomic E-state index is 11.7. The van der Waals surface area contributed by atoms with E-state index in [1.165, 1.54) is 0 Å². The zero-order valence-electron chi connectivity index (χ0n) is 6.89. The van der Waals surface area contributed by atoms with Crippen molar-refractivity contribution in [1.82, 2.24) is 4.98 Å². The molecule has 0 fully saturated rings. The molecule has 0 aliphatic heterocycles. The molecule has 0 aliphatic carbocycles. The van der Waals surface area contributed by atoms with E-state index in [2.05, 4.69) is 9.72 Å². The van der Waals surface area contributed by atoms with Crippen molar-refractivity contribution in [3.63, 3.8) is 0 Å². The van der Waals surface area contributed by atoms with Crippen LogP contribution < -0.4 is 15.9 Å². The van der Waals surface area contributed by atoms with Gasteiger partial charge in [0.05, 0.1) is 0 Å². The first-order valence-corrected chi connectivity index (χ1v) is 3.60. The van der Waals surface area contributed by atoms with Crippen LogP contribution in [-0.4, -0.2) is 11.3 Å². The minimum Gasteiger partial charge on any atom is -0.400 e. The molecule has 0 atom stereocenters. The molecule has 0 saturated heterocycles. The van der Waals surface area contributed by atoms with E-state index in [1.807, 2.05) is 0 Å². The Morgan fingerprint density at radius 2 is 2.14 bits per heavy atom. The van der Waals surface area contributed by atoms with Crippen molar-refractivity contribution in [2.75, 3.05) is 0 Å². The minimum atomic E-state index is -4.86. The van der Waals surface area contributed by atoms with Crippen molar-refractivity contribution in [1.29, 1.82) is 0 Å². The fourth-order valence-electron chi connectivity index (χ4n) is 0.823. The molecule has 4 nitrogen and oxygen atoms in total. The van der Waals surface area contributed by atoms with E-state index < -0.39 is 17.5 Å². The average molecular weight is 208 g/mol. The van der Waals surface area contributed by atoms with Crippen LogP contribution in [0.2, 0.25) is 0 Å². The number of hydrogen-bond acceptors (Lipinski definition) is 3. The van der Waals surface area contributed by atoms with Gasteiger partial charge in [-0.25, -0.2) is 0 Å². The number of alkyl halides is 3. The fraction of sp³-hybridized carbons (Fsp3) is 0.286. The summed E-state index contributed by atoms with van der Waals surface area (Å²) in [6.07, 6.45) is -4.03. The molecular weight excluding hydrogens is 201 g/mol. The zero-order valence-corrected chi connectivity index (χ0v) is 6.89. The Balaban J connectivity index is 2.96. The predicted octanol–water partition coefficient (Wildman–Crippen LogP) is 0.732. The third-order valence-corrected chi connectivity index (χ3v) is 1.38. The summed E-state index contributed by atoms with van der Waals surface area (Å²) < 4.78 is 38.6. The number of aromatic amines is 1. The lowest BCUT2D eigenvalue weighted by molar-refractivity contribution is -0.275. The Hall–Kier alpha value is -1.50. The lowest BCUT2D eigenvalue weighted by atomic mass is 10.3. The Morgan fingerprint density at radius 1 is 1.50 bits per heavy atom. The van der Waals surface area contributed by atoms with Crippen LogP contribution in [0.25, 0.3) is 0 Å². The molecular formula is C7H7F3N2O2. The Labute approximate surface area is 76.5 Å². The van der Waals surface area contributed by atoms with Crippen molar-refractivity contribution in [2.45, 2.75) is 12.9 Å². The zero-order chi connectivity index (χ0) is 10.8. The smallest absolute Gasteiger partial charge is 0.400 e. The highest BCUT2D eigenvalue weighted by atomic mass is 19.4. The number of nitrogens with one attached hydrogen (secondary N) is 1. The van der Waals surface area contributed by atoms with Crippen LogP contribution in [0.3, 0.4) is 0 Å². The predicted molar refractivity (Wildman–Crippen MR) is 41.6 cm³/mol. The van der Waals surface area contributed by atoms with Gasteiger partial charge in [0.2, 0.25) is 5.43 Å². The second-order valence-electron chi connectivity index (χ2n) is 2.44. The summed E-state index contributed by atoms with van der Waals surface area (Å²) in [4.78, 5) is 13.4. The van der Waals surface area contributed by atoms with E-state index in [-0.39, 0.29) is 6.54 Å². The van der Waals surface area contributed by atoms with E-state index in [4.69, 9.17) is 5.73 Å².